The van der Waals surface area contributed by atoms with Crippen LogP contribution in [0, 0.1) is 5.82 Å². The van der Waals surface area contributed by atoms with Crippen molar-refractivity contribution in [3.8, 4) is 0 Å². The van der Waals surface area contributed by atoms with Crippen LogP contribution in [0.4, 0.5) is 23.5 Å². The monoisotopic (exact) mass is 353 g/mol. The third kappa shape index (κ3) is 3.15. The first-order valence-corrected chi connectivity index (χ1v) is 7.90. The van der Waals surface area contributed by atoms with Crippen molar-refractivity contribution in [1.29, 1.82) is 0 Å². The van der Waals surface area contributed by atoms with E-state index in [1.165, 1.54) is 12.3 Å². The van der Waals surface area contributed by atoms with Crippen LogP contribution in [-0.2, 0) is 12.7 Å². The molecule has 5 nitrogen and oxygen atoms in total. The van der Waals surface area contributed by atoms with E-state index in [9.17, 15) is 17.6 Å². The molecule has 25 heavy (non-hydrogen) atoms. The number of aromatic nitrogens is 3. The number of rotatable bonds is 3. The summed E-state index contributed by atoms with van der Waals surface area (Å²) in [5, 5.41) is 0. The number of hydrogen-bond donors (Lipinski definition) is 0. The van der Waals surface area contributed by atoms with Crippen LogP contribution in [0.1, 0.15) is 17.7 Å². The number of nitrogens with zero attached hydrogens (tertiary/aromatic N) is 5. The van der Waals surface area contributed by atoms with Crippen molar-refractivity contribution in [1.82, 2.24) is 19.9 Å². The van der Waals surface area contributed by atoms with E-state index in [0.717, 1.165) is 43.5 Å². The Morgan fingerprint density at radius 3 is 2.24 bits per heavy atom. The zero-order valence-electron chi connectivity index (χ0n) is 13.1. The van der Waals surface area contributed by atoms with Gasteiger partial charge in [0.1, 0.15) is 5.69 Å². The van der Waals surface area contributed by atoms with Gasteiger partial charge in [-0.1, -0.05) is 6.07 Å². The molecule has 5 heterocycles. The summed E-state index contributed by atoms with van der Waals surface area (Å²) in [7, 11) is 0. The molecule has 5 rings (SSSR count). The number of hydrogen-bond acceptors (Lipinski definition) is 5. The molecule has 0 saturated carbocycles. The minimum Gasteiger partial charge on any atom is -0.332 e. The third-order valence-corrected chi connectivity index (χ3v) is 4.63. The predicted octanol–water partition coefficient (Wildman–Crippen LogP) is 2.49. The summed E-state index contributed by atoms with van der Waals surface area (Å²) in [6, 6.07) is 2.97. The Kier molecular flexibility index (Phi) is 3.82. The first-order valence-electron chi connectivity index (χ1n) is 7.90. The number of alkyl halides is 3. The normalized spacial score (nSPS) is 23.4. The van der Waals surface area contributed by atoms with E-state index >= 15 is 0 Å². The number of halogens is 4. The van der Waals surface area contributed by atoms with Gasteiger partial charge in [-0.25, -0.2) is 14.4 Å². The highest BCUT2D eigenvalue weighted by Gasteiger charge is 2.45. The van der Waals surface area contributed by atoms with Crippen molar-refractivity contribution >= 4 is 5.95 Å². The van der Waals surface area contributed by atoms with Gasteiger partial charge in [-0.05, 0) is 18.1 Å². The Morgan fingerprint density at radius 1 is 1.00 bits per heavy atom. The van der Waals surface area contributed by atoms with Crippen molar-refractivity contribution in [2.75, 3.05) is 18.0 Å². The van der Waals surface area contributed by atoms with Gasteiger partial charge in [-0.3, -0.25) is 9.88 Å². The molecular formula is C16H15F4N5. The Labute approximate surface area is 141 Å². The molecule has 2 bridgehead atoms. The number of piperazine rings is 1. The van der Waals surface area contributed by atoms with Crippen molar-refractivity contribution in [3.63, 3.8) is 0 Å². The van der Waals surface area contributed by atoms with Gasteiger partial charge in [0.05, 0.1) is 12.4 Å². The first kappa shape index (κ1) is 16.2. The second kappa shape index (κ2) is 5.91. The standard InChI is InChI=1S/C16H15F4N5/c17-11-5-22-15(23-6-11)25-12-3-13(25)9-24(8-12)7-10-1-2-14(21-4-10)16(18,19)20/h1-2,4-6,12-13H,3,7-9H2. The quantitative estimate of drug-likeness (QED) is 0.794. The van der Waals surface area contributed by atoms with Gasteiger partial charge in [-0.2, -0.15) is 13.2 Å². The van der Waals surface area contributed by atoms with E-state index in [0.29, 0.717) is 12.5 Å². The Hall–Kier alpha value is -2.29. The van der Waals surface area contributed by atoms with Crippen LogP contribution < -0.4 is 4.90 Å². The van der Waals surface area contributed by atoms with Gasteiger partial charge in [0, 0.05) is 37.9 Å². The maximum absolute atomic E-state index is 12.9. The molecule has 3 saturated heterocycles. The van der Waals surface area contributed by atoms with Gasteiger partial charge in [-0.15, -0.1) is 0 Å². The van der Waals surface area contributed by atoms with Crippen molar-refractivity contribution in [3.05, 3.63) is 47.8 Å². The summed E-state index contributed by atoms with van der Waals surface area (Å²) in [4.78, 5) is 15.8. The molecule has 9 heteroatoms. The van der Waals surface area contributed by atoms with E-state index in [2.05, 4.69) is 24.8 Å². The van der Waals surface area contributed by atoms with E-state index in [-0.39, 0.29) is 12.1 Å². The highest BCUT2D eigenvalue weighted by atomic mass is 19.4. The fraction of sp³-hybridized carbons (Fsp3) is 0.438. The largest absolute Gasteiger partial charge is 0.433 e. The number of piperidine rings is 1. The van der Waals surface area contributed by atoms with Crippen molar-refractivity contribution in [2.24, 2.45) is 0 Å². The molecule has 2 unspecified atom stereocenters. The molecule has 132 valence electrons. The molecule has 2 aromatic heterocycles. The van der Waals surface area contributed by atoms with E-state index in [1.54, 1.807) is 0 Å². The van der Waals surface area contributed by atoms with Crippen LogP contribution in [0.15, 0.2) is 30.7 Å². The fourth-order valence-corrected chi connectivity index (χ4v) is 3.54. The van der Waals surface area contributed by atoms with E-state index in [1.807, 2.05) is 0 Å². The van der Waals surface area contributed by atoms with Crippen LogP contribution >= 0.6 is 0 Å². The van der Waals surface area contributed by atoms with Crippen molar-refractivity contribution in [2.45, 2.75) is 31.2 Å². The molecule has 3 aliphatic heterocycles. The summed E-state index contributed by atoms with van der Waals surface area (Å²) in [5.41, 5.74) is -0.128. The molecule has 2 atom stereocenters. The zero-order chi connectivity index (χ0) is 17.6. The molecule has 0 spiro atoms. The molecule has 3 aliphatic rings. The summed E-state index contributed by atoms with van der Waals surface area (Å²) in [6.45, 7) is 2.08. The van der Waals surface area contributed by atoms with E-state index < -0.39 is 17.7 Å². The molecular weight excluding hydrogens is 338 g/mol. The Balaban J connectivity index is 1.39. The lowest BCUT2D eigenvalue weighted by molar-refractivity contribution is -0.141. The molecule has 2 aromatic rings. The fourth-order valence-electron chi connectivity index (χ4n) is 3.54. The first-order chi connectivity index (χ1) is 11.9. The average Bonchev–Trinajstić information content (AvgIpc) is 2.56. The van der Waals surface area contributed by atoms with Crippen LogP contribution in [-0.4, -0.2) is 45.0 Å². The number of pyridine rings is 1. The highest BCUT2D eigenvalue weighted by molar-refractivity contribution is 5.40. The Morgan fingerprint density at radius 2 is 1.68 bits per heavy atom. The number of fused-ring (bicyclic) bond motifs is 2. The van der Waals surface area contributed by atoms with Crippen LogP contribution in [0.25, 0.3) is 0 Å². The van der Waals surface area contributed by atoms with Crippen LogP contribution in [0.2, 0.25) is 0 Å². The van der Waals surface area contributed by atoms with Crippen LogP contribution in [0.3, 0.4) is 0 Å². The molecule has 0 N–H and O–H groups in total. The lowest BCUT2D eigenvalue weighted by Gasteiger charge is -2.56. The predicted molar refractivity (Wildman–Crippen MR) is 81.2 cm³/mol. The van der Waals surface area contributed by atoms with Gasteiger partial charge < -0.3 is 4.90 Å². The average molecular weight is 353 g/mol. The van der Waals surface area contributed by atoms with Gasteiger partial charge >= 0.3 is 6.18 Å². The molecule has 0 aromatic carbocycles. The van der Waals surface area contributed by atoms with Gasteiger partial charge in [0.25, 0.3) is 0 Å². The minimum atomic E-state index is -4.42. The second-order valence-corrected chi connectivity index (χ2v) is 6.40. The molecule has 0 aliphatic carbocycles. The van der Waals surface area contributed by atoms with E-state index in [4.69, 9.17) is 0 Å². The summed E-state index contributed by atoms with van der Waals surface area (Å²) < 4.78 is 50.6. The molecule has 0 radical (unpaired) electrons. The molecule has 0 amide bonds. The summed E-state index contributed by atoms with van der Waals surface area (Å²) in [6.07, 6.45) is 0.192. The topological polar surface area (TPSA) is 45.2 Å². The van der Waals surface area contributed by atoms with Gasteiger partial charge in [0.2, 0.25) is 5.95 Å². The maximum Gasteiger partial charge on any atom is 0.433 e. The van der Waals surface area contributed by atoms with Crippen LogP contribution in [0.5, 0.6) is 0 Å². The SMILES string of the molecule is Fc1cnc(N2C3CC2CN(Cc2ccc(C(F)(F)F)nc2)C3)nc1. The zero-order valence-corrected chi connectivity index (χ0v) is 13.1. The summed E-state index contributed by atoms with van der Waals surface area (Å²) >= 11 is 0. The lowest BCUT2D eigenvalue weighted by atomic mass is 9.87. The summed E-state index contributed by atoms with van der Waals surface area (Å²) in [5.74, 6) is 0.0596. The maximum atomic E-state index is 12.9. The third-order valence-electron chi connectivity index (χ3n) is 4.63. The van der Waals surface area contributed by atoms with Crippen molar-refractivity contribution < 1.29 is 17.6 Å². The highest BCUT2D eigenvalue weighted by Crippen LogP contribution is 2.35. The second-order valence-electron chi connectivity index (χ2n) is 6.40. The minimum absolute atomic E-state index is 0.242. The van der Waals surface area contributed by atoms with Gasteiger partial charge in [0.15, 0.2) is 5.82 Å². The smallest absolute Gasteiger partial charge is 0.332 e. The molecule has 3 fully saturated rings. The lowest BCUT2D eigenvalue weighted by Crippen LogP contribution is -2.69. The number of anilines is 1. The Bertz CT molecular complexity index is 735.